The van der Waals surface area contributed by atoms with E-state index in [1.165, 1.54) is 0 Å². The largest absolute Gasteiger partial charge is 0.370 e. The fraction of sp³-hybridized carbons (Fsp3) is 0.200. The first-order chi connectivity index (χ1) is 12.2. The van der Waals surface area contributed by atoms with Gasteiger partial charge in [0.1, 0.15) is 5.82 Å². The van der Waals surface area contributed by atoms with Crippen molar-refractivity contribution in [1.82, 2.24) is 4.98 Å². The first-order valence-corrected chi connectivity index (χ1v) is 9.11. The van der Waals surface area contributed by atoms with E-state index in [4.69, 9.17) is 10.7 Å². The lowest BCUT2D eigenvalue weighted by Crippen LogP contribution is -2.16. The number of nitrogens with one attached hydrogen (secondary N) is 1. The van der Waals surface area contributed by atoms with Crippen molar-refractivity contribution in [3.63, 3.8) is 0 Å². The second kappa shape index (κ2) is 8.74. The fourth-order valence-electron chi connectivity index (χ4n) is 2.67. The lowest BCUT2D eigenvalue weighted by atomic mass is 10.0. The molecule has 0 fully saturated rings. The number of rotatable bonds is 6. The molecular weight excluding hydrogens is 376 g/mol. The molecule has 1 unspecified atom stereocenters. The molecule has 1 aromatic heterocycles. The Morgan fingerprint density at radius 1 is 1.12 bits per heavy atom. The number of hydrogen-bond acceptors (Lipinski definition) is 4. The molecule has 0 amide bonds. The average Bonchev–Trinajstić information content (AvgIpc) is 2.93. The van der Waals surface area contributed by atoms with Crippen LogP contribution in [-0.2, 0) is 0 Å². The Morgan fingerprint density at radius 2 is 1.96 bits per heavy atom. The second-order valence-electron chi connectivity index (χ2n) is 5.85. The lowest BCUT2D eigenvalue weighted by Gasteiger charge is -2.15. The molecule has 1 aliphatic heterocycles. The number of allylic oxidation sites excluding steroid dienone is 3. The maximum absolute atomic E-state index is 6.25. The maximum atomic E-state index is 6.25. The van der Waals surface area contributed by atoms with Crippen LogP contribution in [0.15, 0.2) is 76.4 Å². The Hall–Kier alpha value is -2.24. The van der Waals surface area contributed by atoms with Gasteiger partial charge in [-0.15, -0.1) is 0 Å². The SMILES string of the molecule is N[C@H](CCNc1ccc(Br)c(C2C=CC=NC=C2)n1)c1ccccc1. The standard InChI is InChI=1S/C20H21BrN4/c21-17-8-9-19(25-20(17)16-7-4-12-23-13-10-16)24-14-11-18(22)15-5-2-1-3-6-15/h1-10,12-13,16,18H,11,14,22H2,(H,24,25)/t16?,18-/m1/s1. The van der Waals surface area contributed by atoms with Crippen molar-refractivity contribution in [2.24, 2.45) is 10.7 Å². The molecular formula is C20H21BrN4. The summed E-state index contributed by atoms with van der Waals surface area (Å²) in [5, 5.41) is 3.38. The first-order valence-electron chi connectivity index (χ1n) is 8.31. The summed E-state index contributed by atoms with van der Waals surface area (Å²) in [6.07, 6.45) is 10.5. The van der Waals surface area contributed by atoms with Crippen LogP contribution in [-0.4, -0.2) is 17.7 Å². The normalized spacial score (nSPS) is 17.3. The van der Waals surface area contributed by atoms with Gasteiger partial charge >= 0.3 is 0 Å². The van der Waals surface area contributed by atoms with E-state index in [-0.39, 0.29) is 12.0 Å². The molecule has 3 N–H and O–H groups in total. The van der Waals surface area contributed by atoms with E-state index in [9.17, 15) is 0 Å². The Balaban J connectivity index is 1.62. The molecule has 5 heteroatoms. The molecule has 0 saturated heterocycles. The Labute approximate surface area is 156 Å². The zero-order chi connectivity index (χ0) is 17.5. The number of aliphatic imine (C=N–C) groups is 1. The minimum Gasteiger partial charge on any atom is -0.370 e. The Morgan fingerprint density at radius 3 is 2.80 bits per heavy atom. The van der Waals surface area contributed by atoms with Crippen molar-refractivity contribution in [2.75, 3.05) is 11.9 Å². The number of hydrogen-bond donors (Lipinski definition) is 2. The highest BCUT2D eigenvalue weighted by Crippen LogP contribution is 2.27. The van der Waals surface area contributed by atoms with Gasteiger partial charge < -0.3 is 11.1 Å². The van der Waals surface area contributed by atoms with E-state index in [0.29, 0.717) is 0 Å². The van der Waals surface area contributed by atoms with Gasteiger partial charge in [0.2, 0.25) is 0 Å². The summed E-state index contributed by atoms with van der Waals surface area (Å²) in [7, 11) is 0. The van der Waals surface area contributed by atoms with E-state index in [1.54, 1.807) is 12.4 Å². The number of anilines is 1. The third kappa shape index (κ3) is 4.87. The van der Waals surface area contributed by atoms with Gasteiger partial charge in [-0.3, -0.25) is 4.99 Å². The van der Waals surface area contributed by atoms with Crippen molar-refractivity contribution in [3.05, 3.63) is 82.6 Å². The molecule has 4 nitrogen and oxygen atoms in total. The third-order valence-corrected chi connectivity index (χ3v) is 4.72. The van der Waals surface area contributed by atoms with Gasteiger partial charge in [-0.25, -0.2) is 4.98 Å². The van der Waals surface area contributed by atoms with E-state index < -0.39 is 0 Å². The Bertz CT molecular complexity index is 768. The summed E-state index contributed by atoms with van der Waals surface area (Å²) in [4.78, 5) is 8.88. The summed E-state index contributed by atoms with van der Waals surface area (Å²) < 4.78 is 0.986. The number of nitrogens with zero attached hydrogens (tertiary/aromatic N) is 2. The molecule has 128 valence electrons. The van der Waals surface area contributed by atoms with E-state index in [0.717, 1.165) is 34.5 Å². The number of nitrogens with two attached hydrogens (primary N) is 1. The zero-order valence-corrected chi connectivity index (χ0v) is 15.4. The quantitative estimate of drug-likeness (QED) is 0.750. The summed E-state index contributed by atoms with van der Waals surface area (Å²) in [6.45, 7) is 0.767. The second-order valence-corrected chi connectivity index (χ2v) is 6.70. The van der Waals surface area contributed by atoms with Crippen molar-refractivity contribution >= 4 is 28.0 Å². The molecule has 2 aromatic rings. The molecule has 0 aliphatic carbocycles. The van der Waals surface area contributed by atoms with Crippen LogP contribution in [0.1, 0.15) is 29.6 Å². The van der Waals surface area contributed by atoms with Crippen LogP contribution < -0.4 is 11.1 Å². The Kier molecular flexibility index (Phi) is 6.14. The van der Waals surface area contributed by atoms with Crippen LogP contribution in [0.4, 0.5) is 5.82 Å². The first kappa shape index (κ1) is 17.6. The lowest BCUT2D eigenvalue weighted by molar-refractivity contribution is 0.674. The smallest absolute Gasteiger partial charge is 0.126 e. The highest BCUT2D eigenvalue weighted by Gasteiger charge is 2.12. The molecule has 2 atom stereocenters. The molecule has 1 aromatic carbocycles. The summed E-state index contributed by atoms with van der Waals surface area (Å²) in [5.74, 6) is 0.954. The highest BCUT2D eigenvalue weighted by molar-refractivity contribution is 9.10. The van der Waals surface area contributed by atoms with Gasteiger partial charge in [0, 0.05) is 35.4 Å². The van der Waals surface area contributed by atoms with Crippen molar-refractivity contribution in [3.8, 4) is 0 Å². The van der Waals surface area contributed by atoms with Crippen LogP contribution >= 0.6 is 15.9 Å². The van der Waals surface area contributed by atoms with Gasteiger partial charge in [0.05, 0.1) is 5.69 Å². The molecule has 3 rings (SSSR count). The summed E-state index contributed by atoms with van der Waals surface area (Å²) >= 11 is 3.59. The molecule has 0 radical (unpaired) electrons. The van der Waals surface area contributed by atoms with Gasteiger partial charge in [0.15, 0.2) is 0 Å². The minimum absolute atomic E-state index is 0.0218. The minimum atomic E-state index is 0.0218. The predicted molar refractivity (Wildman–Crippen MR) is 108 cm³/mol. The molecule has 0 saturated carbocycles. The van der Waals surface area contributed by atoms with E-state index >= 15 is 0 Å². The topological polar surface area (TPSA) is 63.3 Å². The van der Waals surface area contributed by atoms with Crippen LogP contribution in [0.2, 0.25) is 0 Å². The van der Waals surface area contributed by atoms with Crippen LogP contribution in [0, 0.1) is 0 Å². The highest BCUT2D eigenvalue weighted by atomic mass is 79.9. The van der Waals surface area contributed by atoms with Crippen LogP contribution in [0.3, 0.4) is 0 Å². The van der Waals surface area contributed by atoms with Gasteiger partial charge in [-0.1, -0.05) is 42.5 Å². The van der Waals surface area contributed by atoms with Crippen LogP contribution in [0.5, 0.6) is 0 Å². The van der Waals surface area contributed by atoms with Crippen molar-refractivity contribution in [1.29, 1.82) is 0 Å². The van der Waals surface area contributed by atoms with Crippen molar-refractivity contribution < 1.29 is 0 Å². The van der Waals surface area contributed by atoms with Crippen LogP contribution in [0.25, 0.3) is 0 Å². The molecule has 0 spiro atoms. The third-order valence-electron chi connectivity index (χ3n) is 4.05. The van der Waals surface area contributed by atoms with E-state index in [1.807, 2.05) is 42.5 Å². The van der Waals surface area contributed by atoms with Gasteiger partial charge in [-0.2, -0.15) is 0 Å². The number of pyridine rings is 1. The number of halogens is 1. The molecule has 1 aliphatic rings. The summed E-state index contributed by atoms with van der Waals surface area (Å²) in [5.41, 5.74) is 8.37. The van der Waals surface area contributed by atoms with Gasteiger partial charge in [0.25, 0.3) is 0 Å². The van der Waals surface area contributed by atoms with Gasteiger partial charge in [-0.05, 0) is 46.1 Å². The fourth-order valence-corrected chi connectivity index (χ4v) is 3.16. The predicted octanol–water partition coefficient (Wildman–Crippen LogP) is 4.58. The maximum Gasteiger partial charge on any atom is 0.126 e. The number of benzene rings is 1. The monoisotopic (exact) mass is 396 g/mol. The summed E-state index contributed by atoms with van der Waals surface area (Å²) in [6, 6.07) is 14.2. The molecule has 25 heavy (non-hydrogen) atoms. The molecule has 0 bridgehead atoms. The van der Waals surface area contributed by atoms with E-state index in [2.05, 4.69) is 44.4 Å². The number of aromatic nitrogens is 1. The average molecular weight is 397 g/mol. The van der Waals surface area contributed by atoms with Crippen molar-refractivity contribution in [2.45, 2.75) is 18.4 Å². The zero-order valence-electron chi connectivity index (χ0n) is 13.8. The molecule has 2 heterocycles.